The normalized spacial score (nSPS) is 18.7. The Morgan fingerprint density at radius 1 is 1.39 bits per heavy atom. The molecule has 6 heteroatoms. The smallest absolute Gasteiger partial charge is 0.251 e. The first kappa shape index (κ1) is 17.8. The summed E-state index contributed by atoms with van der Waals surface area (Å²) in [6.07, 6.45) is 3.06. The lowest BCUT2D eigenvalue weighted by Gasteiger charge is -2.29. The van der Waals surface area contributed by atoms with Crippen LogP contribution in [0.2, 0.25) is 0 Å². The maximum Gasteiger partial charge on any atom is 0.251 e. The zero-order valence-corrected chi connectivity index (χ0v) is 14.4. The number of amides is 2. The molecular weight excluding hydrogens is 314 g/mol. The number of nitrogens with zero attached hydrogens (tertiary/aromatic N) is 1. The van der Waals surface area contributed by atoms with Gasteiger partial charge in [-0.25, -0.2) is 0 Å². The molecule has 1 aliphatic carbocycles. The van der Waals surface area contributed by atoms with Gasteiger partial charge >= 0.3 is 0 Å². The lowest BCUT2D eigenvalue weighted by atomic mass is 9.95. The van der Waals surface area contributed by atoms with E-state index >= 15 is 0 Å². The van der Waals surface area contributed by atoms with Crippen LogP contribution in [0.5, 0.6) is 0 Å². The molecule has 1 aromatic carbocycles. The molecule has 1 aromatic rings. The van der Waals surface area contributed by atoms with Crippen molar-refractivity contribution >= 4 is 29.9 Å². The molecule has 1 unspecified atom stereocenters. The SMILES string of the molecule is CC(=O)N1CCc2cc(C(=O)NC(C)(CN)C3CC3)ccc21.Cl. The molecular formula is C17H24ClN3O2. The van der Waals surface area contributed by atoms with Gasteiger partial charge < -0.3 is 16.0 Å². The Kier molecular flexibility index (Phi) is 5.01. The fourth-order valence-electron chi connectivity index (χ4n) is 3.24. The lowest BCUT2D eigenvalue weighted by molar-refractivity contribution is -0.116. The van der Waals surface area contributed by atoms with Crippen molar-refractivity contribution in [2.24, 2.45) is 11.7 Å². The zero-order chi connectivity index (χ0) is 15.9. The van der Waals surface area contributed by atoms with E-state index in [2.05, 4.69) is 5.32 Å². The van der Waals surface area contributed by atoms with Crippen LogP contribution in [0.25, 0.3) is 0 Å². The highest BCUT2D eigenvalue weighted by Gasteiger charge is 2.41. The van der Waals surface area contributed by atoms with Crippen LogP contribution in [0.1, 0.15) is 42.6 Å². The maximum absolute atomic E-state index is 12.5. The number of hydrogen-bond acceptors (Lipinski definition) is 3. The Bertz CT molecular complexity index is 630. The quantitative estimate of drug-likeness (QED) is 0.880. The number of carbonyl (C=O) groups excluding carboxylic acids is 2. The second-order valence-electron chi connectivity index (χ2n) is 6.61. The number of benzene rings is 1. The van der Waals surface area contributed by atoms with Gasteiger partial charge in [0.05, 0.1) is 5.54 Å². The van der Waals surface area contributed by atoms with Gasteiger partial charge in [0.1, 0.15) is 0 Å². The second-order valence-corrected chi connectivity index (χ2v) is 6.61. The molecule has 1 atom stereocenters. The first-order valence-corrected chi connectivity index (χ1v) is 7.88. The number of anilines is 1. The molecule has 5 nitrogen and oxygen atoms in total. The van der Waals surface area contributed by atoms with Gasteiger partial charge in [0.15, 0.2) is 0 Å². The van der Waals surface area contributed by atoms with Crippen molar-refractivity contribution in [3.63, 3.8) is 0 Å². The van der Waals surface area contributed by atoms with E-state index in [4.69, 9.17) is 5.73 Å². The monoisotopic (exact) mass is 337 g/mol. The Morgan fingerprint density at radius 3 is 2.65 bits per heavy atom. The highest BCUT2D eigenvalue weighted by atomic mass is 35.5. The van der Waals surface area contributed by atoms with Gasteiger partial charge in [-0.15, -0.1) is 12.4 Å². The van der Waals surface area contributed by atoms with Gasteiger partial charge in [-0.3, -0.25) is 9.59 Å². The number of fused-ring (bicyclic) bond motifs is 1. The van der Waals surface area contributed by atoms with Crippen molar-refractivity contribution in [3.8, 4) is 0 Å². The Labute approximate surface area is 143 Å². The molecule has 23 heavy (non-hydrogen) atoms. The largest absolute Gasteiger partial charge is 0.345 e. The van der Waals surface area contributed by atoms with E-state index in [1.165, 1.54) is 0 Å². The molecule has 0 spiro atoms. The molecule has 0 saturated heterocycles. The third-order valence-electron chi connectivity index (χ3n) is 4.92. The summed E-state index contributed by atoms with van der Waals surface area (Å²) in [5.41, 5.74) is 8.17. The fourth-order valence-corrected chi connectivity index (χ4v) is 3.24. The molecule has 126 valence electrons. The summed E-state index contributed by atoms with van der Waals surface area (Å²) in [4.78, 5) is 25.8. The van der Waals surface area contributed by atoms with Gasteiger partial charge in [-0.2, -0.15) is 0 Å². The molecule has 3 N–H and O–H groups in total. The van der Waals surface area contributed by atoms with Gasteiger partial charge in [-0.05, 0) is 55.9 Å². The fraction of sp³-hybridized carbons (Fsp3) is 0.529. The maximum atomic E-state index is 12.5. The summed E-state index contributed by atoms with van der Waals surface area (Å²) in [7, 11) is 0. The highest BCUT2D eigenvalue weighted by molar-refractivity contribution is 5.98. The third-order valence-corrected chi connectivity index (χ3v) is 4.92. The van der Waals surface area contributed by atoms with E-state index in [1.54, 1.807) is 17.9 Å². The van der Waals surface area contributed by atoms with Gasteiger partial charge in [-0.1, -0.05) is 0 Å². The number of rotatable bonds is 4. The summed E-state index contributed by atoms with van der Waals surface area (Å²) in [6, 6.07) is 5.56. The molecule has 1 fully saturated rings. The molecule has 2 amide bonds. The summed E-state index contributed by atoms with van der Waals surface area (Å²) in [5.74, 6) is 0.452. The predicted octanol–water partition coefficient (Wildman–Crippen LogP) is 1.87. The molecule has 1 heterocycles. The average molecular weight is 338 g/mol. The van der Waals surface area contributed by atoms with Gasteiger partial charge in [0.25, 0.3) is 5.91 Å². The van der Waals surface area contributed by atoms with Crippen LogP contribution in [-0.2, 0) is 11.2 Å². The topological polar surface area (TPSA) is 75.4 Å². The number of hydrogen-bond donors (Lipinski definition) is 2. The summed E-state index contributed by atoms with van der Waals surface area (Å²) < 4.78 is 0. The van der Waals surface area contributed by atoms with Crippen LogP contribution in [0.15, 0.2) is 18.2 Å². The van der Waals surface area contributed by atoms with Crippen LogP contribution in [-0.4, -0.2) is 30.4 Å². The molecule has 0 aromatic heterocycles. The summed E-state index contributed by atoms with van der Waals surface area (Å²) >= 11 is 0. The van der Waals surface area contributed by atoms with Crippen LogP contribution >= 0.6 is 12.4 Å². The zero-order valence-electron chi connectivity index (χ0n) is 13.6. The van der Waals surface area contributed by atoms with E-state index in [1.807, 2.05) is 19.1 Å². The standard InChI is InChI=1S/C17H23N3O2.ClH/c1-11(21)20-8-7-12-9-13(3-6-15(12)20)16(22)19-17(2,10-18)14-4-5-14;/h3,6,9,14H,4-5,7-8,10,18H2,1-2H3,(H,19,22);1H. The molecule has 1 saturated carbocycles. The Morgan fingerprint density at radius 2 is 2.09 bits per heavy atom. The molecule has 0 bridgehead atoms. The minimum absolute atomic E-state index is 0. The Hall–Kier alpha value is -1.59. The van der Waals surface area contributed by atoms with E-state index in [0.29, 0.717) is 24.6 Å². The van der Waals surface area contributed by atoms with E-state index in [-0.39, 0.29) is 29.8 Å². The van der Waals surface area contributed by atoms with Crippen LogP contribution in [0.3, 0.4) is 0 Å². The first-order valence-electron chi connectivity index (χ1n) is 7.88. The molecule has 3 rings (SSSR count). The number of nitrogens with two attached hydrogens (primary N) is 1. The van der Waals surface area contributed by atoms with Crippen molar-refractivity contribution < 1.29 is 9.59 Å². The molecule has 2 aliphatic rings. The molecule has 1 aliphatic heterocycles. The Balaban J connectivity index is 0.00000192. The average Bonchev–Trinajstić information content (AvgIpc) is 3.26. The van der Waals surface area contributed by atoms with Crippen LogP contribution in [0, 0.1) is 5.92 Å². The van der Waals surface area contributed by atoms with Gasteiger partial charge in [0, 0.05) is 31.3 Å². The molecule has 0 radical (unpaired) electrons. The first-order chi connectivity index (χ1) is 10.4. The van der Waals surface area contributed by atoms with Crippen molar-refractivity contribution in [2.45, 2.75) is 38.6 Å². The summed E-state index contributed by atoms with van der Waals surface area (Å²) in [6.45, 7) is 4.73. The number of halogens is 1. The third kappa shape index (κ3) is 3.35. The number of carbonyl (C=O) groups is 2. The van der Waals surface area contributed by atoms with Crippen molar-refractivity contribution in [1.82, 2.24) is 5.32 Å². The minimum Gasteiger partial charge on any atom is -0.345 e. The van der Waals surface area contributed by atoms with Crippen molar-refractivity contribution in [2.75, 3.05) is 18.0 Å². The van der Waals surface area contributed by atoms with Crippen molar-refractivity contribution in [3.05, 3.63) is 29.3 Å². The van der Waals surface area contributed by atoms with Crippen LogP contribution in [0.4, 0.5) is 5.69 Å². The van der Waals surface area contributed by atoms with E-state index in [9.17, 15) is 9.59 Å². The lowest BCUT2D eigenvalue weighted by Crippen LogP contribution is -2.53. The van der Waals surface area contributed by atoms with E-state index in [0.717, 1.165) is 30.5 Å². The van der Waals surface area contributed by atoms with E-state index < -0.39 is 0 Å². The number of nitrogens with one attached hydrogen (secondary N) is 1. The predicted molar refractivity (Wildman–Crippen MR) is 93.1 cm³/mol. The summed E-state index contributed by atoms with van der Waals surface area (Å²) in [5, 5.41) is 3.10. The van der Waals surface area contributed by atoms with Crippen LogP contribution < -0.4 is 16.0 Å². The highest BCUT2D eigenvalue weighted by Crippen LogP contribution is 2.39. The van der Waals surface area contributed by atoms with Crippen molar-refractivity contribution in [1.29, 1.82) is 0 Å². The minimum atomic E-state index is -0.318. The second kappa shape index (κ2) is 6.49. The van der Waals surface area contributed by atoms with Gasteiger partial charge in [0.2, 0.25) is 5.91 Å².